The number of methoxy groups -OCH3 is 1. The molecule has 6 heteroatoms. The Hall–Kier alpha value is -1.75. The van der Waals surface area contributed by atoms with Crippen LogP contribution in [0.3, 0.4) is 0 Å². The monoisotopic (exact) mass is 326 g/mol. The van der Waals surface area contributed by atoms with Crippen molar-refractivity contribution in [1.82, 2.24) is 10.2 Å². The Kier molecular flexibility index (Phi) is 8.36. The summed E-state index contributed by atoms with van der Waals surface area (Å²) in [7, 11) is 1.37. The summed E-state index contributed by atoms with van der Waals surface area (Å²) in [6.45, 7) is 3.61. The van der Waals surface area contributed by atoms with Gasteiger partial charge in [-0.1, -0.05) is 23.7 Å². The maximum absolute atomic E-state index is 12.1. The first-order valence-electron chi connectivity index (χ1n) is 7.40. The average Bonchev–Trinajstić information content (AvgIpc) is 2.51. The quantitative estimate of drug-likeness (QED) is 0.589. The zero-order valence-corrected chi connectivity index (χ0v) is 13.9. The lowest BCUT2D eigenvalue weighted by atomic mass is 10.2. The zero-order chi connectivity index (χ0) is 16.4. The Bertz CT molecular complexity index is 494. The Labute approximate surface area is 136 Å². The van der Waals surface area contributed by atoms with Crippen LogP contribution in [0.2, 0.25) is 5.02 Å². The van der Waals surface area contributed by atoms with E-state index in [1.165, 1.54) is 7.11 Å². The van der Waals surface area contributed by atoms with Crippen LogP contribution in [0.25, 0.3) is 0 Å². The maximum atomic E-state index is 12.1. The van der Waals surface area contributed by atoms with Gasteiger partial charge in [0.2, 0.25) is 0 Å². The van der Waals surface area contributed by atoms with E-state index in [1.54, 1.807) is 4.90 Å². The van der Waals surface area contributed by atoms with E-state index in [4.69, 9.17) is 11.6 Å². The fourth-order valence-electron chi connectivity index (χ4n) is 1.99. The molecule has 1 aromatic carbocycles. The lowest BCUT2D eigenvalue weighted by molar-refractivity contribution is -0.140. The van der Waals surface area contributed by atoms with Crippen LogP contribution >= 0.6 is 11.6 Å². The van der Waals surface area contributed by atoms with Crippen molar-refractivity contribution in [3.8, 4) is 0 Å². The van der Waals surface area contributed by atoms with Crippen LogP contribution in [0.15, 0.2) is 24.3 Å². The largest absolute Gasteiger partial charge is 0.469 e. The molecule has 0 unspecified atom stereocenters. The number of carbonyl (C=O) groups is 2. The molecule has 0 radical (unpaired) electrons. The van der Waals surface area contributed by atoms with Crippen molar-refractivity contribution in [3.63, 3.8) is 0 Å². The first-order chi connectivity index (χ1) is 10.6. The van der Waals surface area contributed by atoms with Crippen LogP contribution in [0, 0.1) is 0 Å². The molecule has 122 valence electrons. The number of amides is 2. The predicted molar refractivity (Wildman–Crippen MR) is 86.8 cm³/mol. The van der Waals surface area contributed by atoms with Gasteiger partial charge in [0.15, 0.2) is 0 Å². The number of carbonyl (C=O) groups excluding carboxylic acids is 2. The number of esters is 1. The molecule has 0 saturated heterocycles. The standard InChI is InChI=1S/C16H23ClN2O3/c1-3-19(12-13-7-6-8-14(17)11-13)16(21)18-10-5-4-9-15(20)22-2/h6-8,11H,3-5,9-10,12H2,1-2H3,(H,18,21). The molecule has 1 rings (SSSR count). The third-order valence-electron chi connectivity index (χ3n) is 3.24. The second-order valence-electron chi connectivity index (χ2n) is 4.91. The summed E-state index contributed by atoms with van der Waals surface area (Å²) in [5.41, 5.74) is 0.996. The lowest BCUT2D eigenvalue weighted by Gasteiger charge is -2.21. The van der Waals surface area contributed by atoms with Crippen LogP contribution in [-0.2, 0) is 16.1 Å². The van der Waals surface area contributed by atoms with Crippen LogP contribution in [-0.4, -0.2) is 37.1 Å². The van der Waals surface area contributed by atoms with E-state index < -0.39 is 0 Å². The van der Waals surface area contributed by atoms with Gasteiger partial charge in [-0.2, -0.15) is 0 Å². The molecule has 0 aliphatic rings. The molecular weight excluding hydrogens is 304 g/mol. The van der Waals surface area contributed by atoms with E-state index in [2.05, 4.69) is 10.1 Å². The average molecular weight is 327 g/mol. The van der Waals surface area contributed by atoms with E-state index in [0.29, 0.717) is 37.5 Å². The van der Waals surface area contributed by atoms with Crippen molar-refractivity contribution in [1.29, 1.82) is 0 Å². The summed E-state index contributed by atoms with van der Waals surface area (Å²) in [5, 5.41) is 3.53. The fourth-order valence-corrected chi connectivity index (χ4v) is 2.20. The minimum atomic E-state index is -0.220. The third-order valence-corrected chi connectivity index (χ3v) is 3.48. The number of unbranched alkanes of at least 4 members (excludes halogenated alkanes) is 1. The van der Waals surface area contributed by atoms with Gasteiger partial charge in [0, 0.05) is 31.1 Å². The summed E-state index contributed by atoms with van der Waals surface area (Å²) in [6.07, 6.45) is 1.83. The number of nitrogens with zero attached hydrogens (tertiary/aromatic N) is 1. The fraction of sp³-hybridized carbons (Fsp3) is 0.500. The van der Waals surface area contributed by atoms with Gasteiger partial charge < -0.3 is 15.0 Å². The molecule has 0 aliphatic carbocycles. The molecule has 1 N–H and O–H groups in total. The highest BCUT2D eigenvalue weighted by molar-refractivity contribution is 6.30. The second kappa shape index (κ2) is 10.1. The highest BCUT2D eigenvalue weighted by Crippen LogP contribution is 2.12. The number of ether oxygens (including phenoxy) is 1. The minimum Gasteiger partial charge on any atom is -0.469 e. The Morgan fingerprint density at radius 3 is 2.73 bits per heavy atom. The van der Waals surface area contributed by atoms with Gasteiger partial charge in [0.25, 0.3) is 0 Å². The summed E-state index contributed by atoms with van der Waals surface area (Å²) >= 11 is 5.95. The summed E-state index contributed by atoms with van der Waals surface area (Å²) in [6, 6.07) is 7.37. The van der Waals surface area contributed by atoms with Crippen LogP contribution in [0.4, 0.5) is 4.79 Å². The smallest absolute Gasteiger partial charge is 0.317 e. The highest BCUT2D eigenvalue weighted by atomic mass is 35.5. The summed E-state index contributed by atoms with van der Waals surface area (Å²) < 4.78 is 4.56. The lowest BCUT2D eigenvalue weighted by Crippen LogP contribution is -2.39. The molecule has 0 heterocycles. The molecule has 0 spiro atoms. The first-order valence-corrected chi connectivity index (χ1v) is 7.78. The van der Waals surface area contributed by atoms with Gasteiger partial charge >= 0.3 is 12.0 Å². The topological polar surface area (TPSA) is 58.6 Å². The van der Waals surface area contributed by atoms with Crippen molar-refractivity contribution in [2.75, 3.05) is 20.2 Å². The molecule has 0 fully saturated rings. The molecular formula is C16H23ClN2O3. The number of benzene rings is 1. The van der Waals surface area contributed by atoms with Crippen molar-refractivity contribution >= 4 is 23.6 Å². The number of hydrogen-bond acceptors (Lipinski definition) is 3. The van der Waals surface area contributed by atoms with Gasteiger partial charge in [0.05, 0.1) is 7.11 Å². The van der Waals surface area contributed by atoms with Crippen LogP contribution in [0.5, 0.6) is 0 Å². The molecule has 0 aliphatic heterocycles. The van der Waals surface area contributed by atoms with Gasteiger partial charge in [0.1, 0.15) is 0 Å². The molecule has 2 amide bonds. The van der Waals surface area contributed by atoms with Gasteiger partial charge in [-0.3, -0.25) is 4.79 Å². The molecule has 22 heavy (non-hydrogen) atoms. The molecule has 0 aromatic heterocycles. The Morgan fingerprint density at radius 1 is 1.32 bits per heavy atom. The van der Waals surface area contributed by atoms with Crippen molar-refractivity contribution in [2.24, 2.45) is 0 Å². The van der Waals surface area contributed by atoms with Crippen molar-refractivity contribution in [2.45, 2.75) is 32.7 Å². The molecule has 5 nitrogen and oxygen atoms in total. The predicted octanol–water partition coefficient (Wildman–Crippen LogP) is 3.21. The summed E-state index contributed by atoms with van der Waals surface area (Å²) in [5.74, 6) is -0.220. The molecule has 0 atom stereocenters. The van der Waals surface area contributed by atoms with Gasteiger partial charge in [-0.15, -0.1) is 0 Å². The second-order valence-corrected chi connectivity index (χ2v) is 5.35. The van der Waals surface area contributed by atoms with E-state index in [1.807, 2.05) is 31.2 Å². The van der Waals surface area contributed by atoms with Gasteiger partial charge in [-0.05, 0) is 37.5 Å². The highest BCUT2D eigenvalue weighted by Gasteiger charge is 2.11. The van der Waals surface area contributed by atoms with Crippen molar-refractivity contribution in [3.05, 3.63) is 34.9 Å². The number of nitrogens with one attached hydrogen (secondary N) is 1. The Balaban J connectivity index is 2.33. The summed E-state index contributed by atoms with van der Waals surface area (Å²) in [4.78, 5) is 24.8. The van der Waals surface area contributed by atoms with E-state index in [0.717, 1.165) is 12.0 Å². The van der Waals surface area contributed by atoms with E-state index >= 15 is 0 Å². The molecule has 0 bridgehead atoms. The van der Waals surface area contributed by atoms with E-state index in [-0.39, 0.29) is 12.0 Å². The molecule has 1 aromatic rings. The number of hydrogen-bond donors (Lipinski definition) is 1. The van der Waals surface area contributed by atoms with Crippen LogP contribution < -0.4 is 5.32 Å². The minimum absolute atomic E-state index is 0.111. The number of halogens is 1. The number of rotatable bonds is 8. The van der Waals surface area contributed by atoms with E-state index in [9.17, 15) is 9.59 Å². The Morgan fingerprint density at radius 2 is 2.09 bits per heavy atom. The van der Waals surface area contributed by atoms with Gasteiger partial charge in [-0.25, -0.2) is 4.79 Å². The zero-order valence-electron chi connectivity index (χ0n) is 13.1. The molecule has 0 saturated carbocycles. The number of urea groups is 1. The first kappa shape index (κ1) is 18.3. The normalized spacial score (nSPS) is 10.1. The SMILES string of the molecule is CCN(Cc1cccc(Cl)c1)C(=O)NCCCCC(=O)OC. The van der Waals surface area contributed by atoms with Crippen LogP contribution in [0.1, 0.15) is 31.7 Å². The third kappa shape index (κ3) is 6.80. The maximum Gasteiger partial charge on any atom is 0.317 e. The van der Waals surface area contributed by atoms with Crippen molar-refractivity contribution < 1.29 is 14.3 Å².